The molecule has 0 amide bonds. The van der Waals surface area contributed by atoms with E-state index in [-0.39, 0.29) is 0 Å². The van der Waals surface area contributed by atoms with Crippen molar-refractivity contribution in [2.24, 2.45) is 0 Å². The predicted octanol–water partition coefficient (Wildman–Crippen LogP) is 0.588. The van der Waals surface area contributed by atoms with Gasteiger partial charge in [-0.25, -0.2) is 4.98 Å². The summed E-state index contributed by atoms with van der Waals surface area (Å²) in [6.07, 6.45) is 5.32. The van der Waals surface area contributed by atoms with Crippen LogP contribution in [-0.2, 0) is 4.65 Å². The van der Waals surface area contributed by atoms with E-state index in [2.05, 4.69) is 4.98 Å². The average molecular weight is 262 g/mol. The van der Waals surface area contributed by atoms with Crippen LogP contribution in [0.1, 0.15) is 27.7 Å². The zero-order valence-electron chi connectivity index (χ0n) is 11.7. The van der Waals surface area contributed by atoms with Gasteiger partial charge in [0.1, 0.15) is 5.65 Å². The monoisotopic (exact) mass is 262 g/mol. The van der Waals surface area contributed by atoms with Crippen LogP contribution >= 0.6 is 0 Å². The van der Waals surface area contributed by atoms with Crippen LogP contribution in [0.5, 0.6) is 0 Å². The number of rotatable bonds is 4. The van der Waals surface area contributed by atoms with Crippen LogP contribution in [0, 0.1) is 0 Å². The molecule has 0 aliphatic heterocycles. The standard InChI is InChI=1S/C13H19BN2O3/c1-12(2,17)13(3,4)19-14(18)10-5-7-16-8-6-15-11(16)9-10/h5-9,17-18H,1-4H3. The van der Waals surface area contributed by atoms with Gasteiger partial charge >= 0.3 is 7.12 Å². The van der Waals surface area contributed by atoms with Crippen molar-refractivity contribution in [3.63, 3.8) is 0 Å². The number of aliphatic hydroxyl groups is 1. The summed E-state index contributed by atoms with van der Waals surface area (Å²) >= 11 is 0. The minimum absolute atomic E-state index is 0.607. The van der Waals surface area contributed by atoms with Gasteiger partial charge in [0, 0.05) is 18.6 Å². The highest BCUT2D eigenvalue weighted by atomic mass is 16.5. The maximum absolute atomic E-state index is 10.1. The van der Waals surface area contributed by atoms with Gasteiger partial charge in [-0.1, -0.05) is 0 Å². The van der Waals surface area contributed by atoms with Crippen molar-refractivity contribution in [1.82, 2.24) is 9.38 Å². The normalized spacial score (nSPS) is 12.9. The SMILES string of the molecule is CC(C)(O)C(C)(C)OB(O)c1ccn2ccnc2c1. The molecule has 0 fully saturated rings. The van der Waals surface area contributed by atoms with Crippen LogP contribution in [0.25, 0.3) is 5.65 Å². The van der Waals surface area contributed by atoms with Gasteiger partial charge in [-0.2, -0.15) is 0 Å². The highest BCUT2D eigenvalue weighted by Gasteiger charge is 2.39. The minimum atomic E-state index is -1.11. The molecule has 2 aromatic rings. The van der Waals surface area contributed by atoms with E-state index in [0.29, 0.717) is 5.46 Å². The molecule has 5 nitrogen and oxygen atoms in total. The molecule has 0 saturated carbocycles. The van der Waals surface area contributed by atoms with Gasteiger partial charge in [-0.05, 0) is 45.3 Å². The molecule has 0 radical (unpaired) electrons. The molecule has 0 aromatic carbocycles. The molecule has 102 valence electrons. The molecular formula is C13H19BN2O3. The molecule has 2 N–H and O–H groups in total. The van der Waals surface area contributed by atoms with Crippen molar-refractivity contribution in [3.8, 4) is 0 Å². The van der Waals surface area contributed by atoms with Gasteiger partial charge in [0.2, 0.25) is 0 Å². The summed E-state index contributed by atoms with van der Waals surface area (Å²) < 4.78 is 7.43. The Bertz CT molecular complexity index is 575. The van der Waals surface area contributed by atoms with Crippen LogP contribution in [0.2, 0.25) is 0 Å². The third kappa shape index (κ3) is 2.81. The molecule has 19 heavy (non-hydrogen) atoms. The quantitative estimate of drug-likeness (QED) is 0.791. The Hall–Kier alpha value is -1.37. The Morgan fingerprint density at radius 1 is 1.26 bits per heavy atom. The number of nitrogens with zero attached hydrogens (tertiary/aromatic N) is 2. The largest absolute Gasteiger partial charge is 0.491 e. The second-order valence-electron chi connectivity index (χ2n) is 5.69. The molecule has 0 saturated heterocycles. The average Bonchev–Trinajstić information content (AvgIpc) is 2.73. The highest BCUT2D eigenvalue weighted by molar-refractivity contribution is 6.60. The summed E-state index contributed by atoms with van der Waals surface area (Å²) in [5.41, 5.74) is -0.600. The van der Waals surface area contributed by atoms with Crippen LogP contribution in [0.3, 0.4) is 0 Å². The first-order valence-electron chi connectivity index (χ1n) is 6.21. The summed E-state index contributed by atoms with van der Waals surface area (Å²) in [5, 5.41) is 20.2. The van der Waals surface area contributed by atoms with Crippen molar-refractivity contribution in [2.45, 2.75) is 38.9 Å². The zero-order valence-corrected chi connectivity index (χ0v) is 11.7. The topological polar surface area (TPSA) is 67.0 Å². The maximum Gasteiger partial charge on any atom is 0.491 e. The summed E-state index contributed by atoms with van der Waals surface area (Å²) in [5.74, 6) is 0. The first-order chi connectivity index (χ1) is 8.71. The third-order valence-corrected chi connectivity index (χ3v) is 3.59. The van der Waals surface area contributed by atoms with Crippen LogP contribution in [-0.4, -0.2) is 37.8 Å². The lowest BCUT2D eigenvalue weighted by molar-refractivity contribution is -0.0982. The summed E-state index contributed by atoms with van der Waals surface area (Å²) in [6.45, 7) is 6.78. The molecule has 0 aliphatic rings. The molecule has 2 heterocycles. The Balaban J connectivity index is 2.22. The second-order valence-corrected chi connectivity index (χ2v) is 5.69. The van der Waals surface area contributed by atoms with Crippen molar-refractivity contribution in [3.05, 3.63) is 30.7 Å². The highest BCUT2D eigenvalue weighted by Crippen LogP contribution is 2.25. The van der Waals surface area contributed by atoms with Crippen LogP contribution in [0.4, 0.5) is 0 Å². The van der Waals surface area contributed by atoms with Gasteiger partial charge in [-0.3, -0.25) is 0 Å². The Labute approximate surface area is 113 Å². The lowest BCUT2D eigenvalue weighted by atomic mass is 9.77. The van der Waals surface area contributed by atoms with Crippen molar-refractivity contribution >= 4 is 18.2 Å². The maximum atomic E-state index is 10.1. The van der Waals surface area contributed by atoms with Gasteiger partial charge in [0.25, 0.3) is 0 Å². The molecule has 2 aromatic heterocycles. The molecule has 6 heteroatoms. The van der Waals surface area contributed by atoms with Crippen molar-refractivity contribution in [1.29, 1.82) is 0 Å². The fourth-order valence-electron chi connectivity index (χ4n) is 1.57. The summed E-state index contributed by atoms with van der Waals surface area (Å²) in [7, 11) is -1.11. The number of pyridine rings is 1. The number of hydrogen-bond acceptors (Lipinski definition) is 4. The molecule has 0 aliphatic carbocycles. The number of hydrogen-bond donors (Lipinski definition) is 2. The third-order valence-electron chi connectivity index (χ3n) is 3.59. The van der Waals surface area contributed by atoms with Gasteiger partial charge in [-0.15, -0.1) is 0 Å². The fraction of sp³-hybridized carbons (Fsp3) is 0.462. The van der Waals surface area contributed by atoms with E-state index < -0.39 is 18.3 Å². The van der Waals surface area contributed by atoms with E-state index in [0.717, 1.165) is 5.65 Å². The lowest BCUT2D eigenvalue weighted by Crippen LogP contribution is -2.53. The van der Waals surface area contributed by atoms with Gasteiger partial charge < -0.3 is 19.2 Å². The number of imidazole rings is 1. The summed E-state index contributed by atoms with van der Waals surface area (Å²) in [6, 6.07) is 3.52. The fourth-order valence-corrected chi connectivity index (χ4v) is 1.57. The molecule has 2 rings (SSSR count). The van der Waals surface area contributed by atoms with Crippen LogP contribution < -0.4 is 5.46 Å². The predicted molar refractivity (Wildman–Crippen MR) is 74.3 cm³/mol. The number of fused-ring (bicyclic) bond motifs is 1. The van der Waals surface area contributed by atoms with E-state index in [4.69, 9.17) is 4.65 Å². The van der Waals surface area contributed by atoms with Gasteiger partial charge in [0.15, 0.2) is 0 Å². The van der Waals surface area contributed by atoms with E-state index in [1.807, 2.05) is 10.6 Å². The van der Waals surface area contributed by atoms with E-state index >= 15 is 0 Å². The Morgan fingerprint density at radius 2 is 1.95 bits per heavy atom. The second kappa shape index (κ2) is 4.63. The Kier molecular flexibility index (Phi) is 3.42. The first kappa shape index (κ1) is 14.1. The van der Waals surface area contributed by atoms with E-state index in [9.17, 15) is 10.1 Å². The first-order valence-corrected chi connectivity index (χ1v) is 6.21. The lowest BCUT2D eigenvalue weighted by Gasteiger charge is -2.38. The molecule has 0 spiro atoms. The summed E-state index contributed by atoms with van der Waals surface area (Å²) in [4.78, 5) is 4.15. The minimum Gasteiger partial charge on any atom is -0.423 e. The van der Waals surface area contributed by atoms with E-state index in [1.54, 1.807) is 52.2 Å². The zero-order chi connectivity index (χ0) is 14.3. The smallest absolute Gasteiger partial charge is 0.423 e. The molecule has 0 atom stereocenters. The van der Waals surface area contributed by atoms with Gasteiger partial charge in [0.05, 0.1) is 11.2 Å². The molecule has 0 bridgehead atoms. The molecule has 0 unspecified atom stereocenters. The van der Waals surface area contributed by atoms with Crippen LogP contribution in [0.15, 0.2) is 30.7 Å². The van der Waals surface area contributed by atoms with E-state index in [1.165, 1.54) is 0 Å². The molecular weight excluding hydrogens is 243 g/mol. The Morgan fingerprint density at radius 3 is 2.58 bits per heavy atom. The van der Waals surface area contributed by atoms with Crippen molar-refractivity contribution < 1.29 is 14.8 Å². The number of aromatic nitrogens is 2. The van der Waals surface area contributed by atoms with Crippen molar-refractivity contribution in [2.75, 3.05) is 0 Å².